The van der Waals surface area contributed by atoms with Crippen LogP contribution in [0.2, 0.25) is 10.0 Å². The molecule has 0 saturated carbocycles. The SMILES string of the molecule is C#CCNC(=O)CNC(=O)CN(SC)C1CCN(C(C)c2ccc(Cl)cc2Cl)CC1. The first kappa shape index (κ1) is 24.8. The highest BCUT2D eigenvalue weighted by Gasteiger charge is 2.29. The molecule has 1 saturated heterocycles. The van der Waals surface area contributed by atoms with Gasteiger partial charge in [0.1, 0.15) is 0 Å². The maximum absolute atomic E-state index is 12.2. The Bertz CT molecular complexity index is 779. The summed E-state index contributed by atoms with van der Waals surface area (Å²) in [6.07, 6.45) is 8.97. The summed E-state index contributed by atoms with van der Waals surface area (Å²) in [6.45, 7) is 4.31. The van der Waals surface area contributed by atoms with Gasteiger partial charge in [0.15, 0.2) is 0 Å². The van der Waals surface area contributed by atoms with Gasteiger partial charge in [-0.25, -0.2) is 4.31 Å². The minimum Gasteiger partial charge on any atom is -0.346 e. The molecule has 0 aliphatic carbocycles. The maximum atomic E-state index is 12.2. The molecule has 2 amide bonds. The van der Waals surface area contributed by atoms with Gasteiger partial charge in [0.2, 0.25) is 11.8 Å². The lowest BCUT2D eigenvalue weighted by Crippen LogP contribution is -2.47. The summed E-state index contributed by atoms with van der Waals surface area (Å²) in [6, 6.07) is 6.13. The number of carbonyl (C=O) groups is 2. The first-order valence-corrected chi connectivity index (χ1v) is 11.8. The van der Waals surface area contributed by atoms with Crippen molar-refractivity contribution in [2.24, 2.45) is 0 Å². The van der Waals surface area contributed by atoms with Gasteiger partial charge in [0.05, 0.1) is 19.6 Å². The largest absolute Gasteiger partial charge is 0.346 e. The molecule has 6 nitrogen and oxygen atoms in total. The summed E-state index contributed by atoms with van der Waals surface area (Å²) in [5.41, 5.74) is 1.07. The predicted octanol–water partition coefficient (Wildman–Crippen LogP) is 2.96. The van der Waals surface area contributed by atoms with Crippen molar-refractivity contribution in [2.75, 3.05) is 39.0 Å². The van der Waals surface area contributed by atoms with E-state index in [9.17, 15) is 9.59 Å². The average Bonchev–Trinajstić information content (AvgIpc) is 2.74. The molecular weight excluding hydrogens is 443 g/mol. The molecule has 0 spiro atoms. The Labute approximate surface area is 193 Å². The molecule has 1 aliphatic rings. The molecule has 1 atom stereocenters. The second-order valence-corrected chi connectivity index (χ2v) is 8.80. The number of likely N-dealkylation sites (tertiary alicyclic amines) is 1. The van der Waals surface area contributed by atoms with Crippen LogP contribution in [0.4, 0.5) is 0 Å². The van der Waals surface area contributed by atoms with Crippen molar-refractivity contribution in [3.05, 3.63) is 33.8 Å². The van der Waals surface area contributed by atoms with Gasteiger partial charge in [-0.15, -0.1) is 6.42 Å². The summed E-state index contributed by atoms with van der Waals surface area (Å²) in [7, 11) is 0. The third kappa shape index (κ3) is 7.36. The van der Waals surface area contributed by atoms with E-state index in [0.29, 0.717) is 16.1 Å². The highest BCUT2D eigenvalue weighted by Crippen LogP contribution is 2.32. The standard InChI is InChI=1S/C21H28Cl2N4O2S/c1-4-9-24-20(28)13-25-21(29)14-27(30-3)17-7-10-26(11-8-17)15(2)18-6-5-16(22)12-19(18)23/h1,5-6,12,15,17H,7-11,13-14H2,2-3H3,(H,24,28)(H,25,29). The molecular formula is C21H28Cl2N4O2S. The molecule has 0 aromatic heterocycles. The number of nitrogens with one attached hydrogen (secondary N) is 2. The summed E-state index contributed by atoms with van der Waals surface area (Å²) in [5, 5.41) is 6.49. The zero-order valence-corrected chi connectivity index (χ0v) is 19.6. The second-order valence-electron chi connectivity index (χ2n) is 7.12. The Balaban J connectivity index is 1.82. The van der Waals surface area contributed by atoms with Gasteiger partial charge >= 0.3 is 0 Å². The van der Waals surface area contributed by atoms with Crippen LogP contribution >= 0.6 is 35.1 Å². The van der Waals surface area contributed by atoms with E-state index in [-0.39, 0.29) is 37.5 Å². The van der Waals surface area contributed by atoms with Gasteiger partial charge in [0, 0.05) is 35.2 Å². The Hall–Kier alpha value is -1.43. The van der Waals surface area contributed by atoms with Crippen molar-refractivity contribution in [1.29, 1.82) is 0 Å². The average molecular weight is 471 g/mol. The smallest absolute Gasteiger partial charge is 0.240 e. The maximum Gasteiger partial charge on any atom is 0.240 e. The molecule has 1 heterocycles. The number of hydrogen-bond donors (Lipinski definition) is 2. The van der Waals surface area contributed by atoms with Crippen LogP contribution in [0.25, 0.3) is 0 Å². The molecule has 2 rings (SSSR count). The van der Waals surface area contributed by atoms with Gasteiger partial charge in [-0.05, 0) is 43.7 Å². The topological polar surface area (TPSA) is 64.7 Å². The minimum absolute atomic E-state index is 0.0689. The fraction of sp³-hybridized carbons (Fsp3) is 0.524. The van der Waals surface area contributed by atoms with Gasteiger partial charge in [-0.3, -0.25) is 14.5 Å². The molecule has 1 aromatic carbocycles. The van der Waals surface area contributed by atoms with E-state index in [4.69, 9.17) is 29.6 Å². The number of terminal acetylenes is 1. The first-order valence-electron chi connectivity index (χ1n) is 9.82. The Morgan fingerprint density at radius 1 is 1.30 bits per heavy atom. The number of halogens is 2. The van der Waals surface area contributed by atoms with Crippen LogP contribution in [0.3, 0.4) is 0 Å². The van der Waals surface area contributed by atoms with E-state index in [1.807, 2.05) is 18.4 Å². The monoisotopic (exact) mass is 470 g/mol. The van der Waals surface area contributed by atoms with Crippen LogP contribution in [-0.4, -0.2) is 66.0 Å². The van der Waals surface area contributed by atoms with Crippen LogP contribution in [0.5, 0.6) is 0 Å². The summed E-state index contributed by atoms with van der Waals surface area (Å²) < 4.78 is 2.09. The van der Waals surface area contributed by atoms with Crippen molar-refractivity contribution in [1.82, 2.24) is 19.8 Å². The fourth-order valence-electron chi connectivity index (χ4n) is 3.53. The van der Waals surface area contributed by atoms with Gasteiger partial charge in [0.25, 0.3) is 0 Å². The van der Waals surface area contributed by atoms with Crippen LogP contribution in [-0.2, 0) is 9.59 Å². The van der Waals surface area contributed by atoms with Crippen molar-refractivity contribution in [2.45, 2.75) is 31.8 Å². The molecule has 1 aromatic rings. The van der Waals surface area contributed by atoms with Crippen molar-refractivity contribution >= 4 is 47.0 Å². The summed E-state index contributed by atoms with van der Waals surface area (Å²) in [5.74, 6) is 1.86. The number of nitrogens with zero attached hydrogens (tertiary/aromatic N) is 2. The second kappa shape index (κ2) is 12.4. The van der Waals surface area contributed by atoms with Crippen LogP contribution in [0.15, 0.2) is 18.2 Å². The fourth-order valence-corrected chi connectivity index (χ4v) is 4.85. The van der Waals surface area contributed by atoms with Gasteiger partial charge < -0.3 is 10.6 Å². The molecule has 30 heavy (non-hydrogen) atoms. The number of piperidine rings is 1. The number of carbonyl (C=O) groups excluding carboxylic acids is 2. The molecule has 2 N–H and O–H groups in total. The van der Waals surface area contributed by atoms with Crippen molar-refractivity contribution in [3.63, 3.8) is 0 Å². The highest BCUT2D eigenvalue weighted by molar-refractivity contribution is 7.96. The minimum atomic E-state index is -0.292. The molecule has 164 valence electrons. The van der Waals surface area contributed by atoms with Gasteiger partial charge in [-0.2, -0.15) is 0 Å². The highest BCUT2D eigenvalue weighted by atomic mass is 35.5. The molecule has 1 aliphatic heterocycles. The lowest BCUT2D eigenvalue weighted by Gasteiger charge is -2.40. The van der Waals surface area contributed by atoms with Crippen LogP contribution < -0.4 is 10.6 Å². The third-order valence-corrected chi connectivity index (χ3v) is 6.69. The molecule has 9 heteroatoms. The quantitative estimate of drug-likeness (QED) is 0.428. The van der Waals surface area contributed by atoms with E-state index >= 15 is 0 Å². The van der Waals surface area contributed by atoms with E-state index in [1.165, 1.54) is 0 Å². The van der Waals surface area contributed by atoms with Crippen LogP contribution in [0, 0.1) is 12.3 Å². The van der Waals surface area contributed by atoms with Gasteiger partial charge in [-0.1, -0.05) is 47.1 Å². The normalized spacial score (nSPS) is 16.1. The van der Waals surface area contributed by atoms with E-state index in [0.717, 1.165) is 31.5 Å². The molecule has 1 fully saturated rings. The van der Waals surface area contributed by atoms with E-state index in [2.05, 4.69) is 32.7 Å². The Morgan fingerprint density at radius 2 is 2.00 bits per heavy atom. The zero-order chi connectivity index (χ0) is 22.1. The number of amides is 2. The van der Waals surface area contributed by atoms with Crippen molar-refractivity contribution < 1.29 is 9.59 Å². The van der Waals surface area contributed by atoms with E-state index in [1.54, 1.807) is 18.0 Å². The lowest BCUT2D eigenvalue weighted by atomic mass is 10.00. The molecule has 0 bridgehead atoms. The number of benzene rings is 1. The number of hydrogen-bond acceptors (Lipinski definition) is 5. The Kier molecular flexibility index (Phi) is 10.3. The number of rotatable bonds is 9. The van der Waals surface area contributed by atoms with Crippen molar-refractivity contribution in [3.8, 4) is 12.3 Å². The third-order valence-electron chi connectivity index (χ3n) is 5.23. The summed E-state index contributed by atoms with van der Waals surface area (Å²) >= 11 is 13.9. The zero-order valence-electron chi connectivity index (χ0n) is 17.3. The lowest BCUT2D eigenvalue weighted by molar-refractivity contribution is -0.126. The van der Waals surface area contributed by atoms with Crippen LogP contribution in [0.1, 0.15) is 31.4 Å². The molecule has 0 radical (unpaired) electrons. The molecule has 1 unspecified atom stereocenters. The predicted molar refractivity (Wildman–Crippen MR) is 125 cm³/mol. The van der Waals surface area contributed by atoms with E-state index < -0.39 is 0 Å². The summed E-state index contributed by atoms with van der Waals surface area (Å²) in [4.78, 5) is 26.2. The Morgan fingerprint density at radius 3 is 2.60 bits per heavy atom. The first-order chi connectivity index (χ1) is 14.3.